The molecule has 6 nitrogen and oxygen atoms in total. The third kappa shape index (κ3) is 3.48. The zero-order valence-corrected chi connectivity index (χ0v) is 14.0. The van der Waals surface area contributed by atoms with Crippen molar-refractivity contribution in [1.29, 1.82) is 0 Å². The lowest BCUT2D eigenvalue weighted by molar-refractivity contribution is 0.302. The molecule has 7 heteroatoms. The van der Waals surface area contributed by atoms with E-state index < -0.39 is 10.0 Å². The molecule has 0 bridgehead atoms. The number of sulfonamides is 1. The Kier molecular flexibility index (Phi) is 5.08. The molecule has 21 heavy (non-hydrogen) atoms. The minimum Gasteiger partial charge on any atom is -0.464 e. The molecule has 0 spiro atoms. The van der Waals surface area contributed by atoms with E-state index in [9.17, 15) is 8.42 Å². The van der Waals surface area contributed by atoms with Gasteiger partial charge in [-0.3, -0.25) is 0 Å². The monoisotopic (exact) mass is 315 g/mol. The van der Waals surface area contributed by atoms with Gasteiger partial charge in [0.25, 0.3) is 0 Å². The van der Waals surface area contributed by atoms with E-state index in [2.05, 4.69) is 10.2 Å². The van der Waals surface area contributed by atoms with E-state index in [-0.39, 0.29) is 6.04 Å². The quantitative estimate of drug-likeness (QED) is 0.849. The first kappa shape index (κ1) is 16.5. The summed E-state index contributed by atoms with van der Waals surface area (Å²) in [6.45, 7) is 6.19. The molecule has 1 N–H and O–H groups in total. The third-order valence-corrected chi connectivity index (χ3v) is 5.92. The molecule has 1 unspecified atom stereocenters. The highest BCUT2D eigenvalue weighted by atomic mass is 32.2. The van der Waals surface area contributed by atoms with Gasteiger partial charge in [-0.1, -0.05) is 6.92 Å². The number of nitrogens with zero attached hydrogens (tertiary/aromatic N) is 2. The van der Waals surface area contributed by atoms with Gasteiger partial charge < -0.3 is 14.6 Å². The zero-order chi connectivity index (χ0) is 15.6. The molecule has 1 atom stereocenters. The molecule has 2 heterocycles. The van der Waals surface area contributed by atoms with Gasteiger partial charge in [0.15, 0.2) is 0 Å². The third-order valence-electron chi connectivity index (χ3n) is 3.95. The summed E-state index contributed by atoms with van der Waals surface area (Å²) in [5.74, 6) is 1.13. The lowest BCUT2D eigenvalue weighted by atomic mass is 10.2. The maximum atomic E-state index is 12.7. The molecule has 1 aliphatic heterocycles. The zero-order valence-electron chi connectivity index (χ0n) is 13.2. The van der Waals surface area contributed by atoms with Crippen LogP contribution in [0.15, 0.2) is 15.4 Å². The average molecular weight is 315 g/mol. The molecule has 1 aromatic rings. The molecule has 1 fully saturated rings. The van der Waals surface area contributed by atoms with E-state index >= 15 is 0 Å². The fourth-order valence-electron chi connectivity index (χ4n) is 2.61. The second kappa shape index (κ2) is 6.48. The first-order valence-electron chi connectivity index (χ1n) is 7.32. The largest absolute Gasteiger partial charge is 0.464 e. The second-order valence-electron chi connectivity index (χ2n) is 5.68. The summed E-state index contributed by atoms with van der Waals surface area (Å²) >= 11 is 0. The highest BCUT2D eigenvalue weighted by Crippen LogP contribution is 2.27. The Morgan fingerprint density at radius 1 is 1.48 bits per heavy atom. The first-order chi connectivity index (χ1) is 9.86. The molecule has 1 saturated heterocycles. The Morgan fingerprint density at radius 2 is 2.19 bits per heavy atom. The molecule has 1 aliphatic rings. The number of hydrogen-bond donors (Lipinski definition) is 1. The van der Waals surface area contributed by atoms with Gasteiger partial charge in [0.05, 0.1) is 6.54 Å². The second-order valence-corrected chi connectivity index (χ2v) is 7.59. The SMILES string of the molecule is CCNCc1cc(S(=O)(=O)N2CCC(N(C)C)C2)c(C)o1. The van der Waals surface area contributed by atoms with Crippen LogP contribution in [0.3, 0.4) is 0 Å². The normalized spacial score (nSPS) is 20.5. The number of hydrogen-bond acceptors (Lipinski definition) is 5. The summed E-state index contributed by atoms with van der Waals surface area (Å²) in [4.78, 5) is 2.38. The highest BCUT2D eigenvalue weighted by molar-refractivity contribution is 7.89. The van der Waals surface area contributed by atoms with Crippen LogP contribution in [-0.4, -0.2) is 57.4 Å². The van der Waals surface area contributed by atoms with Crippen molar-refractivity contribution in [2.75, 3.05) is 33.7 Å². The molecule has 0 saturated carbocycles. The number of furan rings is 1. The van der Waals surface area contributed by atoms with E-state index in [1.807, 2.05) is 21.0 Å². The summed E-state index contributed by atoms with van der Waals surface area (Å²) in [6, 6.07) is 1.93. The molecular weight excluding hydrogens is 290 g/mol. The predicted molar refractivity (Wildman–Crippen MR) is 81.7 cm³/mol. The summed E-state index contributed by atoms with van der Waals surface area (Å²) in [6.07, 6.45) is 0.868. The van der Waals surface area contributed by atoms with Crippen LogP contribution in [0.25, 0.3) is 0 Å². The molecule has 0 aromatic carbocycles. The van der Waals surface area contributed by atoms with Crippen molar-refractivity contribution in [3.63, 3.8) is 0 Å². The molecular formula is C14H25N3O3S. The van der Waals surface area contributed by atoms with Crippen LogP contribution in [0.1, 0.15) is 24.9 Å². The minimum absolute atomic E-state index is 0.285. The van der Waals surface area contributed by atoms with Gasteiger partial charge in [0.2, 0.25) is 10.0 Å². The van der Waals surface area contributed by atoms with Crippen molar-refractivity contribution in [2.45, 2.75) is 37.8 Å². The lowest BCUT2D eigenvalue weighted by Gasteiger charge is -2.20. The van der Waals surface area contributed by atoms with Gasteiger partial charge in [0.1, 0.15) is 16.4 Å². The van der Waals surface area contributed by atoms with Crippen LogP contribution in [0.2, 0.25) is 0 Å². The standard InChI is InChI=1S/C14H25N3O3S/c1-5-15-9-13-8-14(11(2)20-13)21(18,19)17-7-6-12(10-17)16(3)4/h8,12,15H,5-7,9-10H2,1-4H3. The van der Waals surface area contributed by atoms with Gasteiger partial charge in [0, 0.05) is 25.2 Å². The molecule has 0 aliphatic carbocycles. The fraction of sp³-hybridized carbons (Fsp3) is 0.714. The Balaban J connectivity index is 2.18. The molecule has 120 valence electrons. The average Bonchev–Trinajstić information content (AvgIpc) is 3.03. The maximum absolute atomic E-state index is 12.7. The summed E-state index contributed by atoms with van der Waals surface area (Å²) in [7, 11) is 0.514. The van der Waals surface area contributed by atoms with Crippen molar-refractivity contribution >= 4 is 10.0 Å². The van der Waals surface area contributed by atoms with Crippen LogP contribution in [0.4, 0.5) is 0 Å². The topological polar surface area (TPSA) is 65.8 Å². The van der Waals surface area contributed by atoms with Gasteiger partial charge in [-0.2, -0.15) is 4.31 Å². The maximum Gasteiger partial charge on any atom is 0.246 e. The van der Waals surface area contributed by atoms with E-state index in [0.717, 1.165) is 13.0 Å². The van der Waals surface area contributed by atoms with Gasteiger partial charge >= 0.3 is 0 Å². The van der Waals surface area contributed by atoms with Crippen molar-refractivity contribution in [2.24, 2.45) is 0 Å². The Bertz CT molecular complexity index is 580. The number of likely N-dealkylation sites (N-methyl/N-ethyl adjacent to an activating group) is 1. The smallest absolute Gasteiger partial charge is 0.246 e. The number of nitrogens with one attached hydrogen (secondary N) is 1. The predicted octanol–water partition coefficient (Wildman–Crippen LogP) is 1.02. The van der Waals surface area contributed by atoms with Crippen molar-refractivity contribution in [1.82, 2.24) is 14.5 Å². The molecule has 1 aromatic heterocycles. The van der Waals surface area contributed by atoms with Crippen LogP contribution < -0.4 is 5.32 Å². The van der Waals surface area contributed by atoms with Gasteiger partial charge in [-0.25, -0.2) is 8.42 Å². The van der Waals surface area contributed by atoms with Crippen LogP contribution in [0, 0.1) is 6.92 Å². The van der Waals surface area contributed by atoms with E-state index in [0.29, 0.717) is 36.1 Å². The summed E-state index contributed by atoms with van der Waals surface area (Å²) < 4.78 is 32.6. The fourth-order valence-corrected chi connectivity index (χ4v) is 4.28. The van der Waals surface area contributed by atoms with Crippen LogP contribution in [-0.2, 0) is 16.6 Å². The molecule has 0 amide bonds. The van der Waals surface area contributed by atoms with Gasteiger partial charge in [-0.15, -0.1) is 0 Å². The Labute approximate surface area is 127 Å². The Morgan fingerprint density at radius 3 is 2.76 bits per heavy atom. The highest BCUT2D eigenvalue weighted by Gasteiger charge is 2.35. The van der Waals surface area contributed by atoms with E-state index in [4.69, 9.17) is 4.42 Å². The first-order valence-corrected chi connectivity index (χ1v) is 8.77. The molecule has 0 radical (unpaired) electrons. The van der Waals surface area contributed by atoms with Gasteiger partial charge in [-0.05, 0) is 34.0 Å². The Hall–Kier alpha value is -0.890. The van der Waals surface area contributed by atoms with E-state index in [1.165, 1.54) is 0 Å². The number of aryl methyl sites for hydroxylation is 1. The number of rotatable bonds is 6. The van der Waals surface area contributed by atoms with Crippen molar-refractivity contribution in [3.8, 4) is 0 Å². The summed E-state index contributed by atoms with van der Waals surface area (Å²) in [5, 5.41) is 3.14. The van der Waals surface area contributed by atoms with Crippen LogP contribution >= 0.6 is 0 Å². The van der Waals surface area contributed by atoms with Crippen molar-refractivity contribution in [3.05, 3.63) is 17.6 Å². The molecule has 2 rings (SSSR count). The van der Waals surface area contributed by atoms with Crippen molar-refractivity contribution < 1.29 is 12.8 Å². The minimum atomic E-state index is -3.45. The summed E-state index contributed by atoms with van der Waals surface area (Å²) in [5.41, 5.74) is 0. The van der Waals surface area contributed by atoms with Crippen LogP contribution in [0.5, 0.6) is 0 Å². The lowest BCUT2D eigenvalue weighted by Crippen LogP contribution is -2.34. The van der Waals surface area contributed by atoms with E-state index in [1.54, 1.807) is 17.3 Å².